The maximum atomic E-state index is 10.3. The summed E-state index contributed by atoms with van der Waals surface area (Å²) in [5.74, 6) is 0.516. The molecule has 2 aromatic rings. The molecule has 2 N–H and O–H groups in total. The molecule has 0 aliphatic heterocycles. The molecule has 7 heteroatoms. The van der Waals surface area contributed by atoms with Crippen molar-refractivity contribution in [3.05, 3.63) is 18.3 Å². The Kier molecular flexibility index (Phi) is 2.95. The molecule has 0 amide bonds. The molecule has 2 heterocycles. The third-order valence-electron chi connectivity index (χ3n) is 1.96. The number of aliphatic carboxylic acids is 1. The topological polar surface area (TPSA) is 105 Å². The number of hydrogen-bond acceptors (Lipinski definition) is 5. The maximum Gasteiger partial charge on any atom is 0.303 e. The van der Waals surface area contributed by atoms with Gasteiger partial charge in [-0.3, -0.25) is 4.79 Å². The van der Waals surface area contributed by atoms with Crippen LogP contribution in [0.25, 0.3) is 11.6 Å². The Morgan fingerprint density at radius 1 is 1.56 bits per heavy atom. The fraction of sp³-hybridized carbons (Fsp3) is 0.333. The van der Waals surface area contributed by atoms with Gasteiger partial charge in [0.2, 0.25) is 11.7 Å². The van der Waals surface area contributed by atoms with Crippen molar-refractivity contribution in [2.24, 2.45) is 0 Å². The zero-order valence-electron chi connectivity index (χ0n) is 8.38. The molecule has 0 unspecified atom stereocenters. The van der Waals surface area contributed by atoms with Gasteiger partial charge in [0, 0.05) is 25.2 Å². The van der Waals surface area contributed by atoms with E-state index in [1.54, 1.807) is 12.4 Å². The van der Waals surface area contributed by atoms with Crippen LogP contribution >= 0.6 is 0 Å². The lowest BCUT2D eigenvalue weighted by Gasteiger charge is -1.90. The number of carboxylic acid groups (broad SMARTS) is 1. The van der Waals surface area contributed by atoms with Gasteiger partial charge >= 0.3 is 5.97 Å². The Balaban J connectivity index is 1.95. The van der Waals surface area contributed by atoms with Crippen molar-refractivity contribution >= 4 is 5.97 Å². The summed E-state index contributed by atoms with van der Waals surface area (Å²) in [5, 5.41) is 12.2. The smallest absolute Gasteiger partial charge is 0.303 e. The van der Waals surface area contributed by atoms with Crippen LogP contribution in [0.5, 0.6) is 0 Å². The summed E-state index contributed by atoms with van der Waals surface area (Å²) in [5.41, 5.74) is 0. The first-order valence-electron chi connectivity index (χ1n) is 4.80. The average Bonchev–Trinajstić information content (AvgIpc) is 2.85. The van der Waals surface area contributed by atoms with Gasteiger partial charge in [0.25, 0.3) is 0 Å². The number of carbonyl (C=O) groups is 1. The molecule has 2 rings (SSSR count). The third kappa shape index (κ3) is 2.44. The summed E-state index contributed by atoms with van der Waals surface area (Å²) in [6.07, 6.45) is 4.29. The lowest BCUT2D eigenvalue weighted by molar-refractivity contribution is -0.137. The molecule has 0 spiro atoms. The predicted molar refractivity (Wildman–Crippen MR) is 52.5 cm³/mol. The molecule has 84 valence electrons. The third-order valence-corrected chi connectivity index (χ3v) is 1.96. The van der Waals surface area contributed by atoms with Crippen LogP contribution in [0.15, 0.2) is 16.9 Å². The van der Waals surface area contributed by atoms with Crippen molar-refractivity contribution in [2.75, 3.05) is 0 Å². The highest BCUT2D eigenvalue weighted by atomic mass is 16.5. The average molecular weight is 222 g/mol. The Hall–Kier alpha value is -2.18. The summed E-state index contributed by atoms with van der Waals surface area (Å²) < 4.78 is 4.96. The fourth-order valence-electron chi connectivity index (χ4n) is 1.23. The monoisotopic (exact) mass is 222 g/mol. The molecular formula is C9H10N4O3. The van der Waals surface area contributed by atoms with Crippen molar-refractivity contribution in [3.63, 3.8) is 0 Å². The van der Waals surface area contributed by atoms with Gasteiger partial charge in [0.1, 0.15) is 0 Å². The quantitative estimate of drug-likeness (QED) is 0.777. The van der Waals surface area contributed by atoms with Gasteiger partial charge in [-0.2, -0.15) is 4.98 Å². The van der Waals surface area contributed by atoms with Gasteiger partial charge in [0.05, 0.1) is 0 Å². The van der Waals surface area contributed by atoms with Crippen LogP contribution in [0.3, 0.4) is 0 Å². The molecule has 0 atom stereocenters. The van der Waals surface area contributed by atoms with Crippen molar-refractivity contribution in [3.8, 4) is 11.6 Å². The second-order valence-corrected chi connectivity index (χ2v) is 3.20. The summed E-state index contributed by atoms with van der Waals surface area (Å²) in [7, 11) is 0. The number of aromatic nitrogens is 4. The SMILES string of the molecule is O=C(O)CCCc1nc(-c2ncc[nH]2)no1. The number of aryl methyl sites for hydroxylation is 1. The number of imidazole rings is 1. The lowest BCUT2D eigenvalue weighted by Crippen LogP contribution is -1.96. The van der Waals surface area contributed by atoms with Crippen LogP contribution in [0.2, 0.25) is 0 Å². The molecular weight excluding hydrogens is 212 g/mol. The van der Waals surface area contributed by atoms with Crippen molar-refractivity contribution in [1.29, 1.82) is 0 Å². The standard InChI is InChI=1S/C9H10N4O3/c14-7(15)3-1-2-6-12-9(13-16-6)8-10-4-5-11-8/h4-5H,1-3H2,(H,10,11)(H,14,15). The summed E-state index contributed by atoms with van der Waals surface area (Å²) in [6.45, 7) is 0. The van der Waals surface area contributed by atoms with E-state index >= 15 is 0 Å². The molecule has 0 saturated carbocycles. The van der Waals surface area contributed by atoms with E-state index < -0.39 is 5.97 Å². The Labute approximate surface area is 90.5 Å². The molecule has 0 radical (unpaired) electrons. The van der Waals surface area contributed by atoms with Crippen LogP contribution in [0.1, 0.15) is 18.7 Å². The molecule has 7 nitrogen and oxygen atoms in total. The molecule has 0 aromatic carbocycles. The maximum absolute atomic E-state index is 10.3. The Morgan fingerprint density at radius 3 is 3.12 bits per heavy atom. The summed E-state index contributed by atoms with van der Waals surface area (Å²) in [4.78, 5) is 21.2. The molecule has 0 fully saturated rings. The lowest BCUT2D eigenvalue weighted by atomic mass is 10.2. The van der Waals surface area contributed by atoms with Crippen LogP contribution in [0, 0.1) is 0 Å². The van der Waals surface area contributed by atoms with E-state index in [2.05, 4.69) is 20.1 Å². The minimum absolute atomic E-state index is 0.0957. The van der Waals surface area contributed by atoms with E-state index in [4.69, 9.17) is 9.63 Å². The molecule has 0 saturated heterocycles. The first kappa shape index (κ1) is 10.3. The van der Waals surface area contributed by atoms with Crippen LogP contribution in [-0.4, -0.2) is 31.2 Å². The highest BCUT2D eigenvalue weighted by molar-refractivity contribution is 5.66. The fourth-order valence-corrected chi connectivity index (χ4v) is 1.23. The normalized spacial score (nSPS) is 10.5. The van der Waals surface area contributed by atoms with E-state index in [-0.39, 0.29) is 6.42 Å². The Morgan fingerprint density at radius 2 is 2.44 bits per heavy atom. The van der Waals surface area contributed by atoms with Crippen LogP contribution < -0.4 is 0 Å². The molecule has 0 bridgehead atoms. The van der Waals surface area contributed by atoms with E-state index in [1.165, 1.54) is 0 Å². The summed E-state index contributed by atoms with van der Waals surface area (Å²) in [6, 6.07) is 0. The van der Waals surface area contributed by atoms with E-state index in [9.17, 15) is 4.79 Å². The van der Waals surface area contributed by atoms with Gasteiger partial charge in [-0.05, 0) is 6.42 Å². The number of carboxylic acids is 1. The van der Waals surface area contributed by atoms with Gasteiger partial charge in [0.15, 0.2) is 5.82 Å². The van der Waals surface area contributed by atoms with Gasteiger partial charge < -0.3 is 14.6 Å². The number of aromatic amines is 1. The number of H-pyrrole nitrogens is 1. The van der Waals surface area contributed by atoms with Crippen molar-refractivity contribution in [1.82, 2.24) is 20.1 Å². The first-order chi connectivity index (χ1) is 7.75. The first-order valence-corrected chi connectivity index (χ1v) is 4.80. The number of nitrogens with zero attached hydrogens (tertiary/aromatic N) is 3. The molecule has 0 aliphatic rings. The van der Waals surface area contributed by atoms with Crippen molar-refractivity contribution in [2.45, 2.75) is 19.3 Å². The largest absolute Gasteiger partial charge is 0.481 e. The van der Waals surface area contributed by atoms with E-state index in [0.29, 0.717) is 30.4 Å². The molecule has 0 aliphatic carbocycles. The number of rotatable bonds is 5. The molecule has 2 aromatic heterocycles. The minimum Gasteiger partial charge on any atom is -0.481 e. The number of nitrogens with one attached hydrogen (secondary N) is 1. The number of hydrogen-bond donors (Lipinski definition) is 2. The second-order valence-electron chi connectivity index (χ2n) is 3.20. The minimum atomic E-state index is -0.828. The van der Waals surface area contributed by atoms with Gasteiger partial charge in [-0.25, -0.2) is 4.98 Å². The van der Waals surface area contributed by atoms with Crippen molar-refractivity contribution < 1.29 is 14.4 Å². The van der Waals surface area contributed by atoms with E-state index in [0.717, 1.165) is 0 Å². The van der Waals surface area contributed by atoms with Crippen LogP contribution in [0.4, 0.5) is 0 Å². The van der Waals surface area contributed by atoms with E-state index in [1.807, 2.05) is 0 Å². The Bertz CT molecular complexity index is 463. The summed E-state index contributed by atoms with van der Waals surface area (Å²) >= 11 is 0. The van der Waals surface area contributed by atoms with Crippen LogP contribution in [-0.2, 0) is 11.2 Å². The zero-order chi connectivity index (χ0) is 11.4. The van der Waals surface area contributed by atoms with Gasteiger partial charge in [-0.15, -0.1) is 0 Å². The second kappa shape index (κ2) is 4.56. The highest BCUT2D eigenvalue weighted by Crippen LogP contribution is 2.11. The molecule has 16 heavy (non-hydrogen) atoms. The van der Waals surface area contributed by atoms with Gasteiger partial charge in [-0.1, -0.05) is 5.16 Å². The zero-order valence-corrected chi connectivity index (χ0v) is 8.38. The highest BCUT2D eigenvalue weighted by Gasteiger charge is 2.10. The predicted octanol–water partition coefficient (Wildman–Crippen LogP) is 0.867.